The lowest BCUT2D eigenvalue weighted by Crippen LogP contribution is -2.46. The van der Waals surface area contributed by atoms with Crippen LogP contribution in [0.15, 0.2) is 0 Å². The van der Waals surface area contributed by atoms with Gasteiger partial charge in [-0.25, -0.2) is 0 Å². The third kappa shape index (κ3) is 2.94. The van der Waals surface area contributed by atoms with Gasteiger partial charge in [0.2, 0.25) is 5.91 Å². The zero-order valence-corrected chi connectivity index (χ0v) is 9.59. The van der Waals surface area contributed by atoms with E-state index in [0.717, 1.165) is 25.3 Å². The second-order valence-electron chi connectivity index (χ2n) is 5.11. The Morgan fingerprint density at radius 1 is 1.20 bits per heavy atom. The van der Waals surface area contributed by atoms with Crippen LogP contribution in [0.3, 0.4) is 0 Å². The first kappa shape index (κ1) is 10.9. The minimum atomic E-state index is 0.0874. The van der Waals surface area contributed by atoms with Crippen LogP contribution < -0.4 is 10.6 Å². The maximum atomic E-state index is 11.8. The highest BCUT2D eigenvalue weighted by Crippen LogP contribution is 2.23. The van der Waals surface area contributed by atoms with E-state index in [1.54, 1.807) is 0 Å². The van der Waals surface area contributed by atoms with E-state index in [9.17, 15) is 4.79 Å². The minimum absolute atomic E-state index is 0.0874. The number of hydrogen-bond donors (Lipinski definition) is 2. The zero-order valence-electron chi connectivity index (χ0n) is 9.59. The van der Waals surface area contributed by atoms with Gasteiger partial charge in [0, 0.05) is 6.04 Å². The van der Waals surface area contributed by atoms with Gasteiger partial charge in [0.15, 0.2) is 0 Å². The maximum absolute atomic E-state index is 11.8. The van der Waals surface area contributed by atoms with E-state index in [1.165, 1.54) is 25.7 Å². The van der Waals surface area contributed by atoms with E-state index in [0.29, 0.717) is 6.04 Å². The van der Waals surface area contributed by atoms with Crippen LogP contribution in [-0.2, 0) is 4.79 Å². The lowest BCUT2D eigenvalue weighted by molar-refractivity contribution is -0.123. The molecular formula is C12H22N2O. The van der Waals surface area contributed by atoms with Crippen LogP contribution in [0, 0.1) is 5.92 Å². The summed E-state index contributed by atoms with van der Waals surface area (Å²) in [6, 6.07) is 0.528. The smallest absolute Gasteiger partial charge is 0.237 e. The molecule has 0 aromatic rings. The lowest BCUT2D eigenvalue weighted by Gasteiger charge is -2.27. The third-order valence-corrected chi connectivity index (χ3v) is 3.74. The Hall–Kier alpha value is -0.570. The predicted octanol–water partition coefficient (Wildman–Crippen LogP) is 1.43. The van der Waals surface area contributed by atoms with Crippen LogP contribution in [0.4, 0.5) is 0 Å². The number of rotatable bonds is 2. The lowest BCUT2D eigenvalue weighted by atomic mass is 9.87. The zero-order chi connectivity index (χ0) is 10.7. The fourth-order valence-electron chi connectivity index (χ4n) is 2.61. The van der Waals surface area contributed by atoms with Crippen LogP contribution in [-0.4, -0.2) is 24.5 Å². The molecule has 1 aliphatic heterocycles. The highest BCUT2D eigenvalue weighted by atomic mass is 16.2. The fourth-order valence-corrected chi connectivity index (χ4v) is 2.61. The summed E-state index contributed by atoms with van der Waals surface area (Å²) in [6.45, 7) is 3.30. The van der Waals surface area contributed by atoms with Gasteiger partial charge in [0.25, 0.3) is 0 Å². The Morgan fingerprint density at radius 2 is 1.93 bits per heavy atom. The summed E-state index contributed by atoms with van der Waals surface area (Å²) in [5.74, 6) is 1.08. The molecule has 0 aromatic heterocycles. The Bertz CT molecular complexity index is 216. The average molecular weight is 210 g/mol. The molecule has 86 valence electrons. The fraction of sp³-hybridized carbons (Fsp3) is 0.917. The van der Waals surface area contributed by atoms with E-state index < -0.39 is 0 Å². The summed E-state index contributed by atoms with van der Waals surface area (Å²) in [6.07, 6.45) is 7.01. The van der Waals surface area contributed by atoms with E-state index in [1.807, 2.05) is 0 Å². The summed E-state index contributed by atoms with van der Waals surface area (Å²) < 4.78 is 0. The van der Waals surface area contributed by atoms with Gasteiger partial charge in [-0.1, -0.05) is 6.92 Å². The van der Waals surface area contributed by atoms with Crippen molar-refractivity contribution < 1.29 is 4.79 Å². The summed E-state index contributed by atoms with van der Waals surface area (Å²) in [5.41, 5.74) is 0. The Balaban J connectivity index is 1.74. The molecule has 1 aliphatic carbocycles. The van der Waals surface area contributed by atoms with Gasteiger partial charge >= 0.3 is 0 Å². The standard InChI is InChI=1S/C12H22N2O/c1-9-4-6-10(7-5-9)14-12(15)11-3-2-8-13-11/h9-11,13H,2-8H2,1H3,(H,14,15)/t9?,10?,11-/m0/s1. The molecule has 0 aromatic carbocycles. The molecule has 2 N–H and O–H groups in total. The van der Waals surface area contributed by atoms with Crippen molar-refractivity contribution in [2.24, 2.45) is 5.92 Å². The van der Waals surface area contributed by atoms with Gasteiger partial charge in [0.05, 0.1) is 6.04 Å². The Kier molecular flexibility index (Phi) is 3.62. The highest BCUT2D eigenvalue weighted by molar-refractivity contribution is 5.82. The molecule has 0 spiro atoms. The minimum Gasteiger partial charge on any atom is -0.352 e. The topological polar surface area (TPSA) is 41.1 Å². The van der Waals surface area contributed by atoms with Crippen molar-refractivity contribution in [2.45, 2.75) is 57.5 Å². The molecule has 2 rings (SSSR count). The van der Waals surface area contributed by atoms with Crippen LogP contribution in [0.5, 0.6) is 0 Å². The van der Waals surface area contributed by atoms with Crippen molar-refractivity contribution >= 4 is 5.91 Å². The van der Waals surface area contributed by atoms with Gasteiger partial charge < -0.3 is 10.6 Å². The van der Waals surface area contributed by atoms with E-state index in [4.69, 9.17) is 0 Å². The number of carbonyl (C=O) groups is 1. The molecule has 1 heterocycles. The first-order valence-electron chi connectivity index (χ1n) is 6.29. The molecule has 2 aliphatic rings. The molecule has 1 atom stereocenters. The van der Waals surface area contributed by atoms with Crippen molar-refractivity contribution in [1.29, 1.82) is 0 Å². The molecule has 1 saturated heterocycles. The molecule has 2 fully saturated rings. The van der Waals surface area contributed by atoms with E-state index >= 15 is 0 Å². The van der Waals surface area contributed by atoms with Gasteiger partial charge in [-0.3, -0.25) is 4.79 Å². The van der Waals surface area contributed by atoms with Gasteiger partial charge in [-0.05, 0) is 51.0 Å². The predicted molar refractivity (Wildman–Crippen MR) is 60.6 cm³/mol. The van der Waals surface area contributed by atoms with E-state index in [-0.39, 0.29) is 11.9 Å². The first-order valence-corrected chi connectivity index (χ1v) is 6.29. The first-order chi connectivity index (χ1) is 7.25. The summed E-state index contributed by atoms with van der Waals surface area (Å²) >= 11 is 0. The van der Waals surface area contributed by atoms with Crippen molar-refractivity contribution in [2.75, 3.05) is 6.54 Å². The molecular weight excluding hydrogens is 188 g/mol. The van der Waals surface area contributed by atoms with Crippen molar-refractivity contribution in [3.8, 4) is 0 Å². The summed E-state index contributed by atoms with van der Waals surface area (Å²) in [5, 5.41) is 6.42. The van der Waals surface area contributed by atoms with Gasteiger partial charge in [-0.15, -0.1) is 0 Å². The molecule has 0 unspecified atom stereocenters. The van der Waals surface area contributed by atoms with Gasteiger partial charge in [0.1, 0.15) is 0 Å². The van der Waals surface area contributed by atoms with E-state index in [2.05, 4.69) is 17.6 Å². The normalized spacial score (nSPS) is 36.5. The highest BCUT2D eigenvalue weighted by Gasteiger charge is 2.25. The number of hydrogen-bond acceptors (Lipinski definition) is 2. The van der Waals surface area contributed by atoms with Crippen molar-refractivity contribution in [3.63, 3.8) is 0 Å². The second-order valence-corrected chi connectivity index (χ2v) is 5.11. The molecule has 3 heteroatoms. The van der Waals surface area contributed by atoms with Crippen LogP contribution in [0.1, 0.15) is 45.4 Å². The van der Waals surface area contributed by atoms with Crippen LogP contribution in [0.25, 0.3) is 0 Å². The van der Waals surface area contributed by atoms with Crippen molar-refractivity contribution in [3.05, 3.63) is 0 Å². The third-order valence-electron chi connectivity index (χ3n) is 3.74. The molecule has 3 nitrogen and oxygen atoms in total. The van der Waals surface area contributed by atoms with Gasteiger partial charge in [-0.2, -0.15) is 0 Å². The second kappa shape index (κ2) is 4.97. The summed E-state index contributed by atoms with van der Waals surface area (Å²) in [4.78, 5) is 11.8. The number of nitrogens with one attached hydrogen (secondary N) is 2. The molecule has 15 heavy (non-hydrogen) atoms. The Labute approximate surface area is 92.0 Å². The van der Waals surface area contributed by atoms with Crippen LogP contribution in [0.2, 0.25) is 0 Å². The molecule has 0 bridgehead atoms. The maximum Gasteiger partial charge on any atom is 0.237 e. The van der Waals surface area contributed by atoms with Crippen LogP contribution >= 0.6 is 0 Å². The quantitative estimate of drug-likeness (QED) is 0.724. The molecule has 0 radical (unpaired) electrons. The summed E-state index contributed by atoms with van der Waals surface area (Å²) in [7, 11) is 0. The average Bonchev–Trinajstić information content (AvgIpc) is 2.74. The largest absolute Gasteiger partial charge is 0.352 e. The monoisotopic (exact) mass is 210 g/mol. The SMILES string of the molecule is CC1CCC(NC(=O)[C@@H]2CCCN2)CC1. The molecule has 1 amide bonds. The van der Waals surface area contributed by atoms with Crippen molar-refractivity contribution in [1.82, 2.24) is 10.6 Å². The Morgan fingerprint density at radius 3 is 2.53 bits per heavy atom. The number of amides is 1. The molecule has 1 saturated carbocycles. The number of carbonyl (C=O) groups excluding carboxylic acids is 1.